The monoisotopic (exact) mass is 323 g/mol. The van der Waals surface area contributed by atoms with Gasteiger partial charge in [-0.2, -0.15) is 0 Å². The van der Waals surface area contributed by atoms with Crippen molar-refractivity contribution < 1.29 is 4.42 Å². The minimum Gasteiger partial charge on any atom is -0.467 e. The molecule has 3 rings (SSSR count). The minimum absolute atomic E-state index is 0.0274. The maximum absolute atomic E-state index is 6.06. The van der Waals surface area contributed by atoms with Crippen molar-refractivity contribution in [1.29, 1.82) is 0 Å². The Hall–Kier alpha value is -1.07. The fourth-order valence-electron chi connectivity index (χ4n) is 2.11. The molecule has 1 N–H and O–H groups in total. The topological polar surface area (TPSA) is 25.2 Å². The molecule has 0 fully saturated rings. The maximum atomic E-state index is 6.06. The molecular weight excluding hydrogens is 310 g/mol. The van der Waals surface area contributed by atoms with E-state index in [1.54, 1.807) is 28.9 Å². The standard InChI is InChI=1S/C15H14ClNOS2/c1-10(12-5-3-9-19-12)17-15(11-4-2-8-18-11)13-6-7-14(16)20-13/h2-10,15,17H,1H3/t10-,15?/m0/s1. The van der Waals surface area contributed by atoms with Gasteiger partial charge in [-0.15, -0.1) is 22.7 Å². The van der Waals surface area contributed by atoms with Gasteiger partial charge < -0.3 is 4.42 Å². The Morgan fingerprint density at radius 3 is 2.65 bits per heavy atom. The summed E-state index contributed by atoms with van der Waals surface area (Å²) in [5.41, 5.74) is 0. The van der Waals surface area contributed by atoms with E-state index in [1.807, 2.05) is 24.3 Å². The number of thiophene rings is 2. The van der Waals surface area contributed by atoms with Gasteiger partial charge in [0.1, 0.15) is 11.8 Å². The van der Waals surface area contributed by atoms with Crippen molar-refractivity contribution in [1.82, 2.24) is 5.32 Å². The van der Waals surface area contributed by atoms with Crippen LogP contribution in [0.25, 0.3) is 0 Å². The Kier molecular flexibility index (Phi) is 4.27. The lowest BCUT2D eigenvalue weighted by molar-refractivity contribution is 0.424. The number of hydrogen-bond donors (Lipinski definition) is 1. The van der Waals surface area contributed by atoms with Gasteiger partial charge in [-0.25, -0.2) is 0 Å². The summed E-state index contributed by atoms with van der Waals surface area (Å²) in [5.74, 6) is 0.909. The van der Waals surface area contributed by atoms with Gasteiger partial charge in [0.25, 0.3) is 0 Å². The zero-order valence-corrected chi connectivity index (χ0v) is 13.3. The Morgan fingerprint density at radius 2 is 2.05 bits per heavy atom. The van der Waals surface area contributed by atoms with Crippen LogP contribution in [0.3, 0.4) is 0 Å². The van der Waals surface area contributed by atoms with Crippen molar-refractivity contribution in [3.8, 4) is 0 Å². The van der Waals surface area contributed by atoms with E-state index >= 15 is 0 Å². The second kappa shape index (κ2) is 6.14. The van der Waals surface area contributed by atoms with Crippen LogP contribution in [0.1, 0.15) is 34.5 Å². The molecule has 3 heterocycles. The van der Waals surface area contributed by atoms with Crippen LogP contribution in [0.4, 0.5) is 0 Å². The normalized spacial score (nSPS) is 14.3. The molecule has 0 aliphatic rings. The summed E-state index contributed by atoms with van der Waals surface area (Å²) in [6, 6.07) is 12.4. The first kappa shape index (κ1) is 13.9. The molecule has 1 unspecified atom stereocenters. The van der Waals surface area contributed by atoms with Gasteiger partial charge in [-0.05, 0) is 42.6 Å². The summed E-state index contributed by atoms with van der Waals surface area (Å²) in [4.78, 5) is 2.47. The Balaban J connectivity index is 1.87. The minimum atomic E-state index is 0.0274. The van der Waals surface area contributed by atoms with E-state index < -0.39 is 0 Å². The van der Waals surface area contributed by atoms with Crippen LogP contribution >= 0.6 is 34.3 Å². The van der Waals surface area contributed by atoms with E-state index in [0.717, 1.165) is 15.0 Å². The van der Waals surface area contributed by atoms with Gasteiger partial charge in [0.2, 0.25) is 0 Å². The summed E-state index contributed by atoms with van der Waals surface area (Å²) in [6.45, 7) is 2.16. The highest BCUT2D eigenvalue weighted by molar-refractivity contribution is 7.16. The fourth-order valence-corrected chi connectivity index (χ4v) is 3.99. The molecule has 0 aliphatic carbocycles. The maximum Gasteiger partial charge on any atom is 0.126 e. The van der Waals surface area contributed by atoms with E-state index in [-0.39, 0.29) is 12.1 Å². The van der Waals surface area contributed by atoms with Gasteiger partial charge in [0, 0.05) is 15.8 Å². The fraction of sp³-hybridized carbons (Fsp3) is 0.200. The lowest BCUT2D eigenvalue weighted by Crippen LogP contribution is -2.24. The van der Waals surface area contributed by atoms with Gasteiger partial charge in [0.15, 0.2) is 0 Å². The zero-order valence-electron chi connectivity index (χ0n) is 10.9. The first-order valence-electron chi connectivity index (χ1n) is 6.32. The number of furan rings is 1. The molecule has 0 saturated carbocycles. The van der Waals surface area contributed by atoms with Gasteiger partial charge in [0.05, 0.1) is 10.6 Å². The van der Waals surface area contributed by atoms with E-state index in [4.69, 9.17) is 16.0 Å². The van der Waals surface area contributed by atoms with E-state index in [9.17, 15) is 0 Å². The van der Waals surface area contributed by atoms with Crippen molar-refractivity contribution in [2.45, 2.75) is 19.0 Å². The van der Waals surface area contributed by atoms with E-state index in [1.165, 1.54) is 4.88 Å². The van der Waals surface area contributed by atoms with Crippen LogP contribution in [-0.2, 0) is 0 Å². The third-order valence-corrected chi connectivity index (χ3v) is 5.44. The van der Waals surface area contributed by atoms with Crippen LogP contribution in [0, 0.1) is 0 Å². The second-order valence-electron chi connectivity index (χ2n) is 4.49. The average molecular weight is 324 g/mol. The van der Waals surface area contributed by atoms with Crippen LogP contribution in [-0.4, -0.2) is 0 Å². The van der Waals surface area contributed by atoms with Crippen LogP contribution in [0.5, 0.6) is 0 Å². The van der Waals surface area contributed by atoms with Crippen molar-refractivity contribution in [2.24, 2.45) is 0 Å². The second-order valence-corrected chi connectivity index (χ2v) is 7.22. The first-order valence-corrected chi connectivity index (χ1v) is 8.39. The Bertz CT molecular complexity index is 645. The third kappa shape index (κ3) is 2.99. The molecule has 0 saturated heterocycles. The average Bonchev–Trinajstić information content (AvgIpc) is 3.17. The van der Waals surface area contributed by atoms with Crippen LogP contribution < -0.4 is 5.32 Å². The number of nitrogens with one attached hydrogen (secondary N) is 1. The lowest BCUT2D eigenvalue weighted by Gasteiger charge is -2.20. The summed E-state index contributed by atoms with van der Waals surface area (Å²) in [5, 5.41) is 5.71. The van der Waals surface area contributed by atoms with E-state index in [2.05, 4.69) is 29.8 Å². The predicted octanol–water partition coefficient (Wildman–Crippen LogP) is 5.50. The molecule has 0 aliphatic heterocycles. The summed E-state index contributed by atoms with van der Waals surface area (Å²) in [6.07, 6.45) is 1.70. The van der Waals surface area contributed by atoms with Crippen molar-refractivity contribution in [3.63, 3.8) is 0 Å². The molecule has 3 aromatic rings. The van der Waals surface area contributed by atoms with Gasteiger partial charge in [-0.1, -0.05) is 17.7 Å². The molecule has 0 aromatic carbocycles. The highest BCUT2D eigenvalue weighted by Crippen LogP contribution is 2.33. The summed E-state index contributed by atoms with van der Waals surface area (Å²) in [7, 11) is 0. The number of halogens is 1. The highest BCUT2D eigenvalue weighted by atomic mass is 35.5. The Labute approximate surface area is 131 Å². The number of rotatable bonds is 5. The predicted molar refractivity (Wildman–Crippen MR) is 85.7 cm³/mol. The third-order valence-electron chi connectivity index (χ3n) is 3.09. The number of hydrogen-bond acceptors (Lipinski definition) is 4. The van der Waals surface area contributed by atoms with Gasteiger partial charge >= 0.3 is 0 Å². The molecule has 2 nitrogen and oxygen atoms in total. The van der Waals surface area contributed by atoms with Crippen LogP contribution in [0.15, 0.2) is 52.5 Å². The molecular formula is C15H14ClNOS2. The molecule has 0 spiro atoms. The Morgan fingerprint density at radius 1 is 1.15 bits per heavy atom. The quantitative estimate of drug-likeness (QED) is 0.671. The van der Waals surface area contributed by atoms with Crippen molar-refractivity contribution in [3.05, 3.63) is 67.9 Å². The molecule has 0 radical (unpaired) electrons. The molecule has 2 atom stereocenters. The van der Waals surface area contributed by atoms with Crippen molar-refractivity contribution in [2.75, 3.05) is 0 Å². The zero-order chi connectivity index (χ0) is 13.9. The molecule has 3 aromatic heterocycles. The molecule has 0 amide bonds. The van der Waals surface area contributed by atoms with Crippen molar-refractivity contribution >= 4 is 34.3 Å². The summed E-state index contributed by atoms with van der Waals surface area (Å²) >= 11 is 9.40. The molecule has 5 heteroatoms. The highest BCUT2D eigenvalue weighted by Gasteiger charge is 2.21. The SMILES string of the molecule is C[C@H](NC(c1ccco1)c1ccc(Cl)s1)c1cccs1. The lowest BCUT2D eigenvalue weighted by atomic mass is 10.1. The van der Waals surface area contributed by atoms with Crippen LogP contribution in [0.2, 0.25) is 4.34 Å². The largest absolute Gasteiger partial charge is 0.467 e. The molecule has 0 bridgehead atoms. The molecule has 104 valence electrons. The van der Waals surface area contributed by atoms with E-state index in [0.29, 0.717) is 0 Å². The summed E-state index contributed by atoms with van der Waals surface area (Å²) < 4.78 is 6.38. The van der Waals surface area contributed by atoms with Gasteiger partial charge in [-0.3, -0.25) is 5.32 Å². The smallest absolute Gasteiger partial charge is 0.126 e. The molecule has 20 heavy (non-hydrogen) atoms. The first-order chi connectivity index (χ1) is 9.74.